The Morgan fingerprint density at radius 3 is 2.49 bits per heavy atom. The largest absolute Gasteiger partial charge is 0.488 e. The van der Waals surface area contributed by atoms with E-state index in [1.165, 1.54) is 12.1 Å². The average molecular weight is 520 g/mol. The fourth-order valence-electron chi connectivity index (χ4n) is 5.11. The minimum atomic E-state index is -1.03. The van der Waals surface area contributed by atoms with E-state index in [4.69, 9.17) is 16.3 Å². The number of amides is 1. The predicted molar refractivity (Wildman–Crippen MR) is 142 cm³/mol. The lowest BCUT2D eigenvalue weighted by Crippen LogP contribution is -2.35. The normalized spacial score (nSPS) is 15.8. The summed E-state index contributed by atoms with van der Waals surface area (Å²) in [7, 11) is 0. The Hall–Kier alpha value is -3.64. The minimum Gasteiger partial charge on any atom is -0.488 e. The van der Waals surface area contributed by atoms with Crippen molar-refractivity contribution >= 4 is 40.3 Å². The number of carbonyl (C=O) groups excluding carboxylic acids is 1. The van der Waals surface area contributed by atoms with Gasteiger partial charge < -0.3 is 14.7 Å². The molecule has 1 aliphatic carbocycles. The number of hydrogen-bond donors (Lipinski definition) is 1. The van der Waals surface area contributed by atoms with Crippen LogP contribution in [0.1, 0.15) is 65.6 Å². The number of hydrogen-bond acceptors (Lipinski definition) is 3. The molecule has 1 heterocycles. The maximum atomic E-state index is 13.3. The fraction of sp³-hybridized carbons (Fsp3) is 0.267. The number of allylic oxidation sites excluding steroid dienone is 2. The standard InChI is InChI=1S/C30H27ClFNO4/c31-22-9-12-28(37-18-19-7-10-23(32)11-8-19)27(17-22)26-5-3-4-25(26)20-14-21(30(35)36)16-24(15-20)33-13-2-1-6-29(33)34/h7-12,14-17H,1-6,13,18H2,(H,35,36). The second-order valence-electron chi connectivity index (χ2n) is 9.44. The summed E-state index contributed by atoms with van der Waals surface area (Å²) in [5.41, 5.74) is 5.36. The van der Waals surface area contributed by atoms with E-state index in [1.54, 1.807) is 35.2 Å². The van der Waals surface area contributed by atoms with Crippen LogP contribution in [-0.4, -0.2) is 23.5 Å². The van der Waals surface area contributed by atoms with E-state index in [-0.39, 0.29) is 23.9 Å². The number of anilines is 1. The SMILES string of the molecule is O=C(O)c1cc(C2=C(c3cc(Cl)ccc3OCc3ccc(F)cc3)CCC2)cc(N2CCCCC2=O)c1. The van der Waals surface area contributed by atoms with Gasteiger partial charge in [0.1, 0.15) is 18.2 Å². The number of halogens is 2. The molecule has 1 fully saturated rings. The van der Waals surface area contributed by atoms with Crippen molar-refractivity contribution in [3.05, 3.63) is 93.8 Å². The molecule has 1 saturated heterocycles. The summed E-state index contributed by atoms with van der Waals surface area (Å²) in [5, 5.41) is 10.4. The molecule has 190 valence electrons. The van der Waals surface area contributed by atoms with Gasteiger partial charge in [0.2, 0.25) is 5.91 Å². The Bertz CT molecular complexity index is 1380. The molecule has 0 radical (unpaired) electrons. The zero-order valence-electron chi connectivity index (χ0n) is 20.3. The molecular formula is C30H27ClFNO4. The number of ether oxygens (including phenoxy) is 1. The van der Waals surface area contributed by atoms with E-state index in [9.17, 15) is 19.1 Å². The van der Waals surface area contributed by atoms with Gasteiger partial charge in [0.25, 0.3) is 0 Å². The zero-order chi connectivity index (χ0) is 25.9. The highest BCUT2D eigenvalue weighted by atomic mass is 35.5. The summed E-state index contributed by atoms with van der Waals surface area (Å²) in [6.07, 6.45) is 4.68. The number of aromatic carboxylic acids is 1. The summed E-state index contributed by atoms with van der Waals surface area (Å²) in [5.74, 6) is -0.652. The second-order valence-corrected chi connectivity index (χ2v) is 9.88. The van der Waals surface area contributed by atoms with Crippen LogP contribution in [0, 0.1) is 5.82 Å². The van der Waals surface area contributed by atoms with Crippen molar-refractivity contribution in [1.29, 1.82) is 0 Å². The van der Waals surface area contributed by atoms with Gasteiger partial charge in [-0.1, -0.05) is 23.7 Å². The molecule has 3 aromatic carbocycles. The molecule has 7 heteroatoms. The van der Waals surface area contributed by atoms with Gasteiger partial charge in [-0.3, -0.25) is 4.79 Å². The van der Waals surface area contributed by atoms with Crippen molar-refractivity contribution in [3.8, 4) is 5.75 Å². The number of carboxylic acid groups (broad SMARTS) is 1. The Kier molecular flexibility index (Phi) is 7.28. The van der Waals surface area contributed by atoms with Gasteiger partial charge in [0, 0.05) is 29.2 Å². The molecule has 3 aromatic rings. The first-order chi connectivity index (χ1) is 17.9. The van der Waals surface area contributed by atoms with Gasteiger partial charge in [0.05, 0.1) is 5.56 Å². The number of carbonyl (C=O) groups is 2. The molecule has 2 aliphatic rings. The Morgan fingerprint density at radius 1 is 0.946 bits per heavy atom. The smallest absolute Gasteiger partial charge is 0.335 e. The first-order valence-electron chi connectivity index (χ1n) is 12.5. The summed E-state index contributed by atoms with van der Waals surface area (Å²) >= 11 is 6.39. The predicted octanol–water partition coefficient (Wildman–Crippen LogP) is 7.37. The third kappa shape index (κ3) is 5.54. The van der Waals surface area contributed by atoms with Crippen LogP contribution < -0.4 is 9.64 Å². The topological polar surface area (TPSA) is 66.8 Å². The monoisotopic (exact) mass is 519 g/mol. The van der Waals surface area contributed by atoms with Crippen LogP contribution in [0.4, 0.5) is 10.1 Å². The first-order valence-corrected chi connectivity index (χ1v) is 12.8. The van der Waals surface area contributed by atoms with Gasteiger partial charge in [-0.05, 0) is 103 Å². The van der Waals surface area contributed by atoms with Crippen LogP contribution >= 0.6 is 11.6 Å². The quantitative estimate of drug-likeness (QED) is 0.354. The summed E-state index contributed by atoms with van der Waals surface area (Å²) in [6, 6.07) is 16.8. The van der Waals surface area contributed by atoms with Crippen LogP contribution in [0.25, 0.3) is 11.1 Å². The van der Waals surface area contributed by atoms with E-state index in [0.717, 1.165) is 59.9 Å². The van der Waals surface area contributed by atoms with E-state index >= 15 is 0 Å². The molecule has 0 aromatic heterocycles. The molecular weight excluding hydrogens is 493 g/mol. The number of piperidine rings is 1. The summed E-state index contributed by atoms with van der Waals surface area (Å²) < 4.78 is 19.4. The van der Waals surface area contributed by atoms with E-state index in [1.807, 2.05) is 18.2 Å². The van der Waals surface area contributed by atoms with Gasteiger partial charge >= 0.3 is 5.97 Å². The summed E-state index contributed by atoms with van der Waals surface area (Å²) in [4.78, 5) is 26.3. The van der Waals surface area contributed by atoms with Crippen molar-refractivity contribution in [1.82, 2.24) is 0 Å². The van der Waals surface area contributed by atoms with Gasteiger partial charge in [-0.25, -0.2) is 9.18 Å². The lowest BCUT2D eigenvalue weighted by Gasteiger charge is -2.27. The van der Waals surface area contributed by atoms with Crippen molar-refractivity contribution in [2.75, 3.05) is 11.4 Å². The van der Waals surface area contributed by atoms with Crippen LogP contribution in [0.3, 0.4) is 0 Å². The van der Waals surface area contributed by atoms with Gasteiger partial charge in [-0.2, -0.15) is 0 Å². The molecule has 0 saturated carbocycles. The third-order valence-corrected chi connectivity index (χ3v) is 7.18. The first kappa shape index (κ1) is 25.0. The molecule has 1 aliphatic heterocycles. The van der Waals surface area contributed by atoms with Crippen molar-refractivity contribution < 1.29 is 23.8 Å². The highest BCUT2D eigenvalue weighted by Crippen LogP contribution is 2.44. The zero-order valence-corrected chi connectivity index (χ0v) is 21.1. The number of rotatable bonds is 7. The van der Waals surface area contributed by atoms with Crippen LogP contribution in [0.15, 0.2) is 60.7 Å². The lowest BCUT2D eigenvalue weighted by atomic mass is 9.94. The van der Waals surface area contributed by atoms with Crippen molar-refractivity contribution in [2.45, 2.75) is 45.1 Å². The molecule has 1 amide bonds. The molecule has 5 nitrogen and oxygen atoms in total. The molecule has 0 unspecified atom stereocenters. The number of benzene rings is 3. The van der Waals surface area contributed by atoms with Crippen LogP contribution in [-0.2, 0) is 11.4 Å². The van der Waals surface area contributed by atoms with E-state index in [2.05, 4.69) is 0 Å². The maximum absolute atomic E-state index is 13.3. The molecule has 5 rings (SSSR count). The van der Waals surface area contributed by atoms with E-state index in [0.29, 0.717) is 29.4 Å². The van der Waals surface area contributed by atoms with Gasteiger partial charge in [-0.15, -0.1) is 0 Å². The maximum Gasteiger partial charge on any atom is 0.335 e. The van der Waals surface area contributed by atoms with Gasteiger partial charge in [0.15, 0.2) is 0 Å². The molecule has 1 N–H and O–H groups in total. The number of carboxylic acids is 1. The van der Waals surface area contributed by atoms with Crippen LogP contribution in [0.5, 0.6) is 5.75 Å². The molecule has 0 spiro atoms. The van der Waals surface area contributed by atoms with Crippen molar-refractivity contribution in [3.63, 3.8) is 0 Å². The highest BCUT2D eigenvalue weighted by molar-refractivity contribution is 6.30. The molecule has 0 bridgehead atoms. The highest BCUT2D eigenvalue weighted by Gasteiger charge is 2.25. The fourth-order valence-corrected chi connectivity index (χ4v) is 5.28. The number of nitrogens with zero attached hydrogens (tertiary/aromatic N) is 1. The lowest BCUT2D eigenvalue weighted by molar-refractivity contribution is -0.119. The summed E-state index contributed by atoms with van der Waals surface area (Å²) in [6.45, 7) is 0.857. The third-order valence-electron chi connectivity index (χ3n) is 6.94. The Morgan fingerprint density at radius 2 is 1.73 bits per heavy atom. The van der Waals surface area contributed by atoms with Crippen LogP contribution in [0.2, 0.25) is 5.02 Å². The second kappa shape index (κ2) is 10.8. The minimum absolute atomic E-state index is 0.0201. The average Bonchev–Trinajstić information content (AvgIpc) is 3.39. The molecule has 37 heavy (non-hydrogen) atoms. The Balaban J connectivity index is 1.55. The van der Waals surface area contributed by atoms with E-state index < -0.39 is 5.97 Å². The van der Waals surface area contributed by atoms with Crippen molar-refractivity contribution in [2.24, 2.45) is 0 Å². The molecule has 0 atom stereocenters. The Labute approximate surface area is 220 Å².